The van der Waals surface area contributed by atoms with E-state index in [0.29, 0.717) is 16.9 Å². The highest BCUT2D eigenvalue weighted by molar-refractivity contribution is 5.93. The average molecular weight is 276 g/mol. The molecule has 0 radical (unpaired) electrons. The van der Waals surface area contributed by atoms with Crippen molar-refractivity contribution in [3.05, 3.63) is 59.7 Å². The molecule has 2 rings (SSSR count). The van der Waals surface area contributed by atoms with Crippen molar-refractivity contribution in [3.8, 4) is 0 Å². The Labute approximate surface area is 115 Å². The molecule has 0 heterocycles. The van der Waals surface area contributed by atoms with Crippen molar-refractivity contribution in [2.45, 2.75) is 6.92 Å². The van der Waals surface area contributed by atoms with Crippen LogP contribution in [0.2, 0.25) is 0 Å². The molecule has 0 aliphatic heterocycles. The molecule has 20 heavy (non-hydrogen) atoms. The van der Waals surface area contributed by atoms with E-state index in [1.54, 1.807) is 25.1 Å². The van der Waals surface area contributed by atoms with Crippen molar-refractivity contribution < 1.29 is 13.6 Å². The summed E-state index contributed by atoms with van der Waals surface area (Å²) in [6, 6.07) is 10.2. The van der Waals surface area contributed by atoms with Gasteiger partial charge in [0.25, 0.3) is 0 Å². The zero-order valence-electron chi connectivity index (χ0n) is 10.9. The van der Waals surface area contributed by atoms with Gasteiger partial charge in [-0.3, -0.25) is 4.79 Å². The molecule has 3 nitrogen and oxygen atoms in total. The third-order valence-electron chi connectivity index (χ3n) is 2.82. The summed E-state index contributed by atoms with van der Waals surface area (Å²) in [5, 5.41) is 5.39. The number of carbonyl (C=O) groups excluding carboxylic acids is 1. The summed E-state index contributed by atoms with van der Waals surface area (Å²) in [7, 11) is 0. The van der Waals surface area contributed by atoms with Crippen molar-refractivity contribution >= 4 is 17.3 Å². The predicted molar refractivity (Wildman–Crippen MR) is 74.7 cm³/mol. The van der Waals surface area contributed by atoms with Gasteiger partial charge in [-0.05, 0) is 37.3 Å². The number of benzene rings is 2. The number of rotatable bonds is 4. The Bertz CT molecular complexity index is 629. The Morgan fingerprint density at radius 2 is 1.90 bits per heavy atom. The first-order valence-electron chi connectivity index (χ1n) is 6.10. The molecule has 0 saturated carbocycles. The first-order chi connectivity index (χ1) is 9.56. The van der Waals surface area contributed by atoms with Gasteiger partial charge < -0.3 is 10.6 Å². The van der Waals surface area contributed by atoms with E-state index in [4.69, 9.17) is 0 Å². The van der Waals surface area contributed by atoms with Crippen molar-refractivity contribution in [2.75, 3.05) is 17.2 Å². The second-order valence-corrected chi connectivity index (χ2v) is 4.32. The molecule has 0 bridgehead atoms. The zero-order chi connectivity index (χ0) is 14.5. The topological polar surface area (TPSA) is 41.1 Å². The number of hydrogen-bond donors (Lipinski definition) is 2. The third kappa shape index (κ3) is 3.54. The second kappa shape index (κ2) is 6.14. The summed E-state index contributed by atoms with van der Waals surface area (Å²) < 4.78 is 26.3. The van der Waals surface area contributed by atoms with Gasteiger partial charge in [0.2, 0.25) is 5.91 Å². The lowest BCUT2D eigenvalue weighted by Crippen LogP contribution is -2.22. The molecule has 2 aromatic rings. The summed E-state index contributed by atoms with van der Waals surface area (Å²) in [6.45, 7) is 1.60. The van der Waals surface area contributed by atoms with E-state index in [1.165, 1.54) is 24.3 Å². The van der Waals surface area contributed by atoms with Crippen LogP contribution in [-0.2, 0) is 4.79 Å². The first kappa shape index (κ1) is 14.0. The molecule has 2 aromatic carbocycles. The molecule has 0 atom stereocenters. The minimum absolute atomic E-state index is 0.0270. The zero-order valence-corrected chi connectivity index (χ0v) is 10.9. The van der Waals surface area contributed by atoms with Crippen LogP contribution < -0.4 is 10.6 Å². The fourth-order valence-electron chi connectivity index (χ4n) is 1.75. The SMILES string of the molecule is Cc1c(F)cccc1NCC(=O)Nc1cccc(F)c1. The van der Waals surface area contributed by atoms with Crippen LogP contribution in [0.4, 0.5) is 20.2 Å². The van der Waals surface area contributed by atoms with E-state index < -0.39 is 5.82 Å². The van der Waals surface area contributed by atoms with E-state index in [-0.39, 0.29) is 18.3 Å². The Balaban J connectivity index is 1.94. The molecular weight excluding hydrogens is 262 g/mol. The number of nitrogens with one attached hydrogen (secondary N) is 2. The fraction of sp³-hybridized carbons (Fsp3) is 0.133. The van der Waals surface area contributed by atoms with Crippen molar-refractivity contribution in [1.29, 1.82) is 0 Å². The van der Waals surface area contributed by atoms with E-state index in [2.05, 4.69) is 10.6 Å². The normalized spacial score (nSPS) is 10.2. The first-order valence-corrected chi connectivity index (χ1v) is 6.10. The maximum Gasteiger partial charge on any atom is 0.243 e. The average Bonchev–Trinajstić information content (AvgIpc) is 2.40. The summed E-state index contributed by atoms with van der Waals surface area (Å²) in [5.74, 6) is -1.09. The molecular formula is C15H14F2N2O. The van der Waals surface area contributed by atoms with E-state index >= 15 is 0 Å². The monoisotopic (exact) mass is 276 g/mol. The molecule has 0 unspecified atom stereocenters. The highest BCUT2D eigenvalue weighted by Gasteiger charge is 2.06. The summed E-state index contributed by atoms with van der Waals surface area (Å²) in [5.41, 5.74) is 1.39. The Morgan fingerprint density at radius 3 is 2.65 bits per heavy atom. The largest absolute Gasteiger partial charge is 0.376 e. The number of halogens is 2. The molecule has 1 amide bonds. The molecule has 104 valence electrons. The van der Waals surface area contributed by atoms with Crippen molar-refractivity contribution in [3.63, 3.8) is 0 Å². The lowest BCUT2D eigenvalue weighted by Gasteiger charge is -2.10. The lowest BCUT2D eigenvalue weighted by atomic mass is 10.2. The number of carbonyl (C=O) groups is 1. The molecule has 5 heteroatoms. The minimum Gasteiger partial charge on any atom is -0.376 e. The van der Waals surface area contributed by atoms with Crippen LogP contribution in [0.15, 0.2) is 42.5 Å². The molecule has 0 saturated heterocycles. The van der Waals surface area contributed by atoms with Gasteiger partial charge in [0.15, 0.2) is 0 Å². The molecule has 0 aliphatic carbocycles. The van der Waals surface area contributed by atoms with Crippen molar-refractivity contribution in [1.82, 2.24) is 0 Å². The van der Waals surface area contributed by atoms with Gasteiger partial charge in [0.05, 0.1) is 6.54 Å². The van der Waals surface area contributed by atoms with Crippen molar-refractivity contribution in [2.24, 2.45) is 0 Å². The smallest absolute Gasteiger partial charge is 0.243 e. The molecule has 0 fully saturated rings. The van der Waals surface area contributed by atoms with Crippen LogP contribution in [0.1, 0.15) is 5.56 Å². The van der Waals surface area contributed by atoms with Gasteiger partial charge >= 0.3 is 0 Å². The molecule has 0 aliphatic rings. The Kier molecular flexibility index (Phi) is 4.30. The van der Waals surface area contributed by atoms with Gasteiger partial charge in [-0.2, -0.15) is 0 Å². The van der Waals surface area contributed by atoms with Crippen LogP contribution in [0.5, 0.6) is 0 Å². The summed E-state index contributed by atoms with van der Waals surface area (Å²) in [6.07, 6.45) is 0. The fourth-order valence-corrected chi connectivity index (χ4v) is 1.75. The molecule has 0 aromatic heterocycles. The van der Waals surface area contributed by atoms with E-state index in [0.717, 1.165) is 0 Å². The van der Waals surface area contributed by atoms with Crippen LogP contribution in [0, 0.1) is 18.6 Å². The minimum atomic E-state index is -0.420. The van der Waals surface area contributed by atoms with Gasteiger partial charge in [-0.25, -0.2) is 8.78 Å². The summed E-state index contributed by atoms with van der Waals surface area (Å²) in [4.78, 5) is 11.7. The number of anilines is 2. The van der Waals surface area contributed by atoms with Crippen LogP contribution in [0.25, 0.3) is 0 Å². The van der Waals surface area contributed by atoms with Gasteiger partial charge in [0, 0.05) is 16.9 Å². The highest BCUT2D eigenvalue weighted by Crippen LogP contribution is 2.17. The lowest BCUT2D eigenvalue weighted by molar-refractivity contribution is -0.114. The third-order valence-corrected chi connectivity index (χ3v) is 2.82. The standard InChI is InChI=1S/C15H14F2N2O/c1-10-13(17)6-3-7-14(10)18-9-15(20)19-12-5-2-4-11(16)8-12/h2-8,18H,9H2,1H3,(H,19,20). The van der Waals surface area contributed by atoms with Crippen LogP contribution in [0.3, 0.4) is 0 Å². The van der Waals surface area contributed by atoms with Gasteiger partial charge in [-0.1, -0.05) is 12.1 Å². The quantitative estimate of drug-likeness (QED) is 0.899. The van der Waals surface area contributed by atoms with Crippen LogP contribution >= 0.6 is 0 Å². The second-order valence-electron chi connectivity index (χ2n) is 4.32. The van der Waals surface area contributed by atoms with Gasteiger partial charge in [-0.15, -0.1) is 0 Å². The maximum absolute atomic E-state index is 13.3. The van der Waals surface area contributed by atoms with Gasteiger partial charge in [0.1, 0.15) is 11.6 Å². The molecule has 0 spiro atoms. The molecule has 2 N–H and O–H groups in total. The van der Waals surface area contributed by atoms with E-state index in [1.807, 2.05) is 0 Å². The Hall–Kier alpha value is -2.43. The summed E-state index contributed by atoms with van der Waals surface area (Å²) >= 11 is 0. The maximum atomic E-state index is 13.3. The number of amides is 1. The number of hydrogen-bond acceptors (Lipinski definition) is 2. The predicted octanol–water partition coefficient (Wildman–Crippen LogP) is 3.32. The Morgan fingerprint density at radius 1 is 1.15 bits per heavy atom. The highest BCUT2D eigenvalue weighted by atomic mass is 19.1. The van der Waals surface area contributed by atoms with E-state index in [9.17, 15) is 13.6 Å². The van der Waals surface area contributed by atoms with Crippen LogP contribution in [-0.4, -0.2) is 12.5 Å².